The number of ether oxygens (including phenoxy) is 2. The zero-order chi connectivity index (χ0) is 89.8. The Labute approximate surface area is 833 Å². The zero-order valence-electron chi connectivity index (χ0n) is 65.4. The van der Waals surface area contributed by atoms with E-state index < -0.39 is 26.3 Å². The van der Waals surface area contributed by atoms with Crippen molar-refractivity contribution >= 4 is 280 Å². The molecule has 1 atom stereocenters. The van der Waals surface area contributed by atoms with Crippen molar-refractivity contribution in [2.45, 2.75) is 71.8 Å². The number of ketones is 2. The molecular formula is C86H73Br10Cl6F4MgNO12P+. The van der Waals surface area contributed by atoms with Crippen molar-refractivity contribution in [3.8, 4) is 0 Å². The summed E-state index contributed by atoms with van der Waals surface area (Å²) >= 11 is 65.6. The maximum atomic E-state index is 12.9. The molecule has 640 valence electrons. The van der Waals surface area contributed by atoms with Gasteiger partial charge in [-0.05, 0) is 283 Å². The molecule has 0 aliphatic carbocycles. The molecule has 121 heavy (non-hydrogen) atoms. The third-order valence-corrected chi connectivity index (χ3v) is 24.5. The molecule has 0 bridgehead atoms. The maximum absolute atomic E-state index is 12.9. The molecule has 0 saturated carbocycles. The number of benzene rings is 11. The van der Waals surface area contributed by atoms with E-state index in [1.807, 2.05) is 59.7 Å². The van der Waals surface area contributed by atoms with Crippen molar-refractivity contribution in [3.05, 3.63) is 367 Å². The summed E-state index contributed by atoms with van der Waals surface area (Å²) in [7, 11) is 0.843. The van der Waals surface area contributed by atoms with Gasteiger partial charge in [-0.1, -0.05) is 193 Å². The van der Waals surface area contributed by atoms with E-state index in [1.54, 1.807) is 92.7 Å². The third kappa shape index (κ3) is 39.3. The molecule has 0 radical (unpaired) electrons. The van der Waals surface area contributed by atoms with Gasteiger partial charge in [0, 0.05) is 111 Å². The molecule has 0 saturated heterocycles. The van der Waals surface area contributed by atoms with Crippen LogP contribution in [0.2, 0.25) is 30.1 Å². The predicted molar refractivity (Wildman–Crippen MR) is 508 cm³/mol. The predicted octanol–water partition coefficient (Wildman–Crippen LogP) is 27.1. The van der Waals surface area contributed by atoms with Crippen LogP contribution in [0.1, 0.15) is 142 Å². The quantitative estimate of drug-likeness (QED) is 0.0101. The topological polar surface area (TPSA) is 206 Å². The maximum Gasteiger partial charge on any atom is 2.00 e. The molecule has 0 fully saturated rings. The molecule has 13 nitrogen and oxygen atoms in total. The van der Waals surface area contributed by atoms with Crippen molar-refractivity contribution < 1.29 is 91.8 Å². The molecule has 1 unspecified atom stereocenters. The van der Waals surface area contributed by atoms with Gasteiger partial charge in [0.15, 0.2) is 17.9 Å². The van der Waals surface area contributed by atoms with Gasteiger partial charge in [0.2, 0.25) is 0 Å². The van der Waals surface area contributed by atoms with Crippen molar-refractivity contribution in [1.29, 1.82) is 0 Å². The van der Waals surface area contributed by atoms with Crippen molar-refractivity contribution in [1.82, 2.24) is 0 Å². The van der Waals surface area contributed by atoms with Gasteiger partial charge in [-0.2, -0.15) is 18.2 Å². The minimum Gasteiger partial charge on any atom is -1.00 e. The molecule has 0 amide bonds. The molecule has 4 N–H and O–H groups in total. The van der Waals surface area contributed by atoms with Gasteiger partial charge >= 0.3 is 43.2 Å². The van der Waals surface area contributed by atoms with E-state index in [1.165, 1.54) is 99.1 Å². The first-order valence-corrected chi connectivity index (χ1v) is 45.0. The fraction of sp³-hybridized carbons (Fsp3) is 0.174. The Morgan fingerprint density at radius 1 is 0.463 bits per heavy atom. The van der Waals surface area contributed by atoms with Gasteiger partial charge in [-0.25, -0.2) is 27.2 Å². The summed E-state index contributed by atoms with van der Waals surface area (Å²) < 4.78 is 84.1. The van der Waals surface area contributed by atoms with Gasteiger partial charge < -0.3 is 42.4 Å². The second-order valence-corrected chi connectivity index (χ2v) is 36.6. The number of aryl methyl sites for hydroxylation is 6. The smallest absolute Gasteiger partial charge is 1.00 e. The molecule has 11 aromatic rings. The molecule has 11 aromatic carbocycles. The average Bonchev–Trinajstić information content (AvgIpc) is 0.819. The number of rotatable bonds is 15. The number of halogens is 20. The number of aliphatic hydroxyl groups is 2. The van der Waals surface area contributed by atoms with Crippen molar-refractivity contribution in [2.24, 2.45) is 0 Å². The summed E-state index contributed by atoms with van der Waals surface area (Å²) in [6.07, 6.45) is -0.0619. The van der Waals surface area contributed by atoms with Crippen LogP contribution in [0, 0.1) is 70.9 Å². The Kier molecular flexibility index (Phi) is 56.4. The van der Waals surface area contributed by atoms with E-state index in [-0.39, 0.29) is 85.2 Å². The second-order valence-electron chi connectivity index (χ2n) is 24.1. The first-order chi connectivity index (χ1) is 56.0. The number of carbonyl (C=O) groups is 5. The minimum atomic E-state index is -1.83. The summed E-state index contributed by atoms with van der Waals surface area (Å²) in [5.41, 5.74) is 18.0. The van der Waals surface area contributed by atoms with Crippen molar-refractivity contribution in [3.63, 3.8) is 0 Å². The molecule has 11 rings (SSSR count). The van der Waals surface area contributed by atoms with E-state index in [0.29, 0.717) is 117 Å². The number of hydrogen-bond donors (Lipinski definition) is 3. The Morgan fingerprint density at radius 2 is 0.802 bits per heavy atom. The Bertz CT molecular complexity index is 5230. The summed E-state index contributed by atoms with van der Waals surface area (Å²) in [6.45, 7) is 15.7. The average molecular weight is 2460 g/mol. The number of nitrogens with two attached hydrogens (primary N) is 1. The fourth-order valence-electron chi connectivity index (χ4n) is 8.98. The van der Waals surface area contributed by atoms with E-state index in [2.05, 4.69) is 168 Å². The Morgan fingerprint density at radius 3 is 1.20 bits per heavy atom. The van der Waals surface area contributed by atoms with Crippen LogP contribution < -0.4 is 22.7 Å². The van der Waals surface area contributed by atoms with Gasteiger partial charge in [-0.3, -0.25) is 14.4 Å². The number of esters is 2. The summed E-state index contributed by atoms with van der Waals surface area (Å²) in [5, 5.41) is 22.6. The summed E-state index contributed by atoms with van der Waals surface area (Å²) in [4.78, 5) is 57.4. The second kappa shape index (κ2) is 59.3. The Hall–Kier alpha value is -3.86. The molecule has 0 aromatic heterocycles. The van der Waals surface area contributed by atoms with E-state index in [4.69, 9.17) is 80.4 Å². The van der Waals surface area contributed by atoms with Gasteiger partial charge in [0.05, 0.1) is 35.7 Å². The normalized spacial score (nSPS) is 10.2. The number of anilines is 1. The van der Waals surface area contributed by atoms with Crippen LogP contribution in [0.5, 0.6) is 0 Å². The van der Waals surface area contributed by atoms with Crippen LogP contribution in [0.3, 0.4) is 0 Å². The SMILES string of the molecule is CCO[P+](=O)OCC.COC(=O)c1cc(Cl)c(C)cc1Br.COC(=O)c1cc(N)c(C)cc1Br.Cc1cc(Br)c(C(=O)c2ccc(F)cc2)cc1Cl.Cc1cc(Br)c(C(O)c2ccc(F)cc2)cc1Cl.Cc1cc(Br)c(C=O)cc1Cl.Cc1cc(Br)c(CO)cc1Cl.Fc1cc[c-]cc1.O=C(c1ccc(F)cc1)c1cc(Cl)c(C(Br)Br)cc1Br.[Br-].[Mg+2]. The molecule has 0 aliphatic rings. The van der Waals surface area contributed by atoms with Crippen LogP contribution in [0.4, 0.5) is 23.2 Å². The van der Waals surface area contributed by atoms with E-state index >= 15 is 0 Å². The number of methoxy groups -OCH3 is 2. The van der Waals surface area contributed by atoms with Crippen LogP contribution in [-0.2, 0) is 29.7 Å². The number of nitrogen functional groups attached to an aromatic ring is 1. The fourth-order valence-corrected chi connectivity index (χ4v) is 15.9. The van der Waals surface area contributed by atoms with Crippen LogP contribution in [0.25, 0.3) is 0 Å². The number of aldehydes is 1. The zero-order valence-corrected chi connectivity index (χ0v) is 88.1. The summed E-state index contributed by atoms with van der Waals surface area (Å²) in [5.74, 6) is -2.48. The largest absolute Gasteiger partial charge is 2.00 e. The van der Waals surface area contributed by atoms with Crippen LogP contribution in [-0.4, -0.2) is 90.5 Å². The number of alkyl halides is 2. The van der Waals surface area contributed by atoms with E-state index in [0.717, 1.165) is 64.2 Å². The first-order valence-electron chi connectivity index (χ1n) is 34.2. The van der Waals surface area contributed by atoms with E-state index in [9.17, 15) is 51.2 Å². The monoisotopic (exact) mass is 2440 g/mol. The van der Waals surface area contributed by atoms with Crippen LogP contribution >= 0.6 is 221 Å². The standard InChI is InChI=1S/C14H7Br3ClFO.C14H11BrClFO.C14H9BrClFO.C9H8BrClO2.C9H10BrNO2.C8H8BrClO.C8H6BrClO.C6H4F.C4H10O3P.BrH.Mg/c15-11-5-10(14(16)17)12(18)6-9(11)13(20)7-1-3-8(19)4-2-7;2*1-8-6-12(15)11(7-13(8)16)14(18)9-2-4-10(17)5-3-9;2*1-5-3-7(10)6(4-8(5)11)9(12)13-2;2*1-5-2-7(9)6(4-11)3-8(5)10;7-6-4-2-1-3-5-6;1-3-6-8(5)7-4-2;;/h1-6,14H;2-7,14,18H,1H3;2-7H,1H3;3-4H,1-2H3;3-4H,11H2,1-2H3;2-3,11H,4H2,1H3;2-4H,1H3;2-5H;3-4H2,1-2H3;1H;/q;;;;;;;-1;+1;;+2/p-1. The minimum absolute atomic E-state index is 0. The first kappa shape index (κ1) is 115. The third-order valence-electron chi connectivity index (χ3n) is 15.5. The molecule has 35 heteroatoms. The molecule has 0 aliphatic heterocycles. The summed E-state index contributed by atoms with van der Waals surface area (Å²) in [6, 6.07) is 49.3. The number of hydrogen-bond acceptors (Lipinski definition) is 13. The van der Waals surface area contributed by atoms with Crippen LogP contribution in [0.15, 0.2) is 213 Å². The molecule has 0 heterocycles. The van der Waals surface area contributed by atoms with Gasteiger partial charge in [0.1, 0.15) is 36.8 Å². The van der Waals surface area contributed by atoms with Gasteiger partial charge in [0.25, 0.3) is 0 Å². The molecule has 0 spiro atoms. The number of aliphatic hydroxyl groups excluding tert-OH is 2. The molecular weight excluding hydrogens is 2380 g/mol. The Balaban J connectivity index is 0.000000690. The number of carbonyl (C=O) groups excluding carboxylic acids is 5. The van der Waals surface area contributed by atoms with Gasteiger partial charge in [-0.15, -0.1) is 21.2 Å². The van der Waals surface area contributed by atoms with Crippen molar-refractivity contribution in [2.75, 3.05) is 33.2 Å².